The van der Waals surface area contributed by atoms with Crippen LogP contribution < -0.4 is 5.32 Å². The number of nitrogens with one attached hydrogen (secondary N) is 1. The molecule has 4 heteroatoms. The van der Waals surface area contributed by atoms with Crippen LogP contribution in [0.25, 0.3) is 5.69 Å². The third-order valence-electron chi connectivity index (χ3n) is 2.49. The van der Waals surface area contributed by atoms with Gasteiger partial charge in [-0.25, -0.2) is 4.68 Å². The summed E-state index contributed by atoms with van der Waals surface area (Å²) in [5.41, 5.74) is 3.36. The first kappa shape index (κ1) is 12.3. The highest BCUT2D eigenvalue weighted by atomic mass is 79.9. The standard InChI is InChI=1S/C13H16BrN3/c1-3-15-9-12-4-5-17(16-12)13-7-10(2)6-11(14)8-13/h4-8,15H,3,9H2,1-2H3. The van der Waals surface area contributed by atoms with E-state index in [1.807, 2.05) is 16.9 Å². The number of aromatic nitrogens is 2. The van der Waals surface area contributed by atoms with E-state index in [1.165, 1.54) is 5.56 Å². The minimum atomic E-state index is 0.816. The number of rotatable bonds is 4. The minimum Gasteiger partial charge on any atom is -0.311 e. The molecule has 0 bridgehead atoms. The lowest BCUT2D eigenvalue weighted by atomic mass is 10.2. The summed E-state index contributed by atoms with van der Waals surface area (Å²) >= 11 is 3.51. The zero-order valence-electron chi connectivity index (χ0n) is 10.1. The van der Waals surface area contributed by atoms with Crippen LogP contribution >= 0.6 is 15.9 Å². The monoisotopic (exact) mass is 293 g/mol. The Bertz CT molecular complexity index is 485. The van der Waals surface area contributed by atoms with Gasteiger partial charge in [-0.2, -0.15) is 5.10 Å². The highest BCUT2D eigenvalue weighted by molar-refractivity contribution is 9.10. The zero-order chi connectivity index (χ0) is 12.3. The van der Waals surface area contributed by atoms with Crippen LogP contribution in [-0.2, 0) is 6.54 Å². The molecule has 0 aliphatic heterocycles. The van der Waals surface area contributed by atoms with Crippen LogP contribution in [0.2, 0.25) is 0 Å². The van der Waals surface area contributed by atoms with E-state index < -0.39 is 0 Å². The second-order valence-corrected chi connectivity index (χ2v) is 4.93. The Hall–Kier alpha value is -1.13. The van der Waals surface area contributed by atoms with E-state index >= 15 is 0 Å². The van der Waals surface area contributed by atoms with Crippen LogP contribution in [-0.4, -0.2) is 16.3 Å². The number of benzene rings is 1. The number of hydrogen-bond acceptors (Lipinski definition) is 2. The van der Waals surface area contributed by atoms with Crippen molar-refractivity contribution in [3.05, 3.63) is 46.2 Å². The van der Waals surface area contributed by atoms with Crippen LogP contribution in [0.15, 0.2) is 34.9 Å². The predicted octanol–water partition coefficient (Wildman–Crippen LogP) is 3.05. The van der Waals surface area contributed by atoms with Crippen LogP contribution in [0.1, 0.15) is 18.2 Å². The molecule has 1 N–H and O–H groups in total. The van der Waals surface area contributed by atoms with Gasteiger partial charge in [0.05, 0.1) is 11.4 Å². The lowest BCUT2D eigenvalue weighted by molar-refractivity contribution is 0.696. The van der Waals surface area contributed by atoms with Crippen molar-refractivity contribution >= 4 is 15.9 Å². The van der Waals surface area contributed by atoms with E-state index in [1.54, 1.807) is 0 Å². The summed E-state index contributed by atoms with van der Waals surface area (Å²) in [6.45, 7) is 5.95. The maximum atomic E-state index is 4.53. The maximum Gasteiger partial charge on any atom is 0.0766 e. The van der Waals surface area contributed by atoms with Crippen molar-refractivity contribution in [3.63, 3.8) is 0 Å². The molecule has 0 amide bonds. The van der Waals surface area contributed by atoms with E-state index in [-0.39, 0.29) is 0 Å². The number of halogens is 1. The van der Waals surface area contributed by atoms with E-state index in [0.717, 1.165) is 28.9 Å². The summed E-state index contributed by atoms with van der Waals surface area (Å²) < 4.78 is 2.99. The third kappa shape index (κ3) is 3.17. The van der Waals surface area contributed by atoms with Gasteiger partial charge >= 0.3 is 0 Å². The quantitative estimate of drug-likeness (QED) is 0.939. The Morgan fingerprint density at radius 1 is 1.35 bits per heavy atom. The molecule has 3 nitrogen and oxygen atoms in total. The Kier molecular flexibility index (Phi) is 3.97. The molecule has 0 aliphatic rings. The molecule has 0 saturated heterocycles. The smallest absolute Gasteiger partial charge is 0.0766 e. The third-order valence-corrected chi connectivity index (χ3v) is 2.95. The van der Waals surface area contributed by atoms with E-state index in [2.05, 4.69) is 58.4 Å². The normalized spacial score (nSPS) is 10.8. The van der Waals surface area contributed by atoms with Crippen molar-refractivity contribution in [2.75, 3.05) is 6.54 Å². The second kappa shape index (κ2) is 5.47. The van der Waals surface area contributed by atoms with E-state index in [4.69, 9.17) is 0 Å². The number of nitrogens with zero attached hydrogens (tertiary/aromatic N) is 2. The van der Waals surface area contributed by atoms with Crippen molar-refractivity contribution in [1.29, 1.82) is 0 Å². The molecule has 0 saturated carbocycles. The molecule has 2 aromatic rings. The van der Waals surface area contributed by atoms with Gasteiger partial charge in [0.1, 0.15) is 0 Å². The van der Waals surface area contributed by atoms with Gasteiger partial charge in [-0.15, -0.1) is 0 Å². The molecule has 0 fully saturated rings. The van der Waals surface area contributed by atoms with Gasteiger partial charge in [0.15, 0.2) is 0 Å². The summed E-state index contributed by atoms with van der Waals surface area (Å²) in [5, 5.41) is 7.80. The van der Waals surface area contributed by atoms with Crippen molar-refractivity contribution in [2.45, 2.75) is 20.4 Å². The average Bonchev–Trinajstić information content (AvgIpc) is 2.73. The number of aryl methyl sites for hydroxylation is 1. The highest BCUT2D eigenvalue weighted by Crippen LogP contribution is 2.18. The fraction of sp³-hybridized carbons (Fsp3) is 0.308. The van der Waals surface area contributed by atoms with Gasteiger partial charge in [0, 0.05) is 17.2 Å². The lowest BCUT2D eigenvalue weighted by Gasteiger charge is -2.04. The molecular weight excluding hydrogens is 278 g/mol. The van der Waals surface area contributed by atoms with Crippen molar-refractivity contribution in [2.24, 2.45) is 0 Å². The zero-order valence-corrected chi connectivity index (χ0v) is 11.7. The SMILES string of the molecule is CCNCc1ccn(-c2cc(C)cc(Br)c2)n1. The molecule has 0 spiro atoms. The van der Waals surface area contributed by atoms with Crippen molar-refractivity contribution < 1.29 is 0 Å². The molecule has 1 aromatic heterocycles. The second-order valence-electron chi connectivity index (χ2n) is 4.02. The summed E-state index contributed by atoms with van der Waals surface area (Å²) in [7, 11) is 0. The Morgan fingerprint density at radius 3 is 2.88 bits per heavy atom. The van der Waals surface area contributed by atoms with Gasteiger partial charge in [0.25, 0.3) is 0 Å². The molecule has 0 unspecified atom stereocenters. The topological polar surface area (TPSA) is 29.9 Å². The summed E-state index contributed by atoms with van der Waals surface area (Å²) in [6.07, 6.45) is 1.99. The minimum absolute atomic E-state index is 0.816. The van der Waals surface area contributed by atoms with Crippen molar-refractivity contribution in [3.8, 4) is 5.69 Å². The molecule has 0 radical (unpaired) electrons. The van der Waals surface area contributed by atoms with Crippen LogP contribution in [0, 0.1) is 6.92 Å². The Morgan fingerprint density at radius 2 is 2.18 bits per heavy atom. The van der Waals surface area contributed by atoms with Gasteiger partial charge in [-0.05, 0) is 43.3 Å². The molecule has 1 aromatic carbocycles. The molecule has 0 aliphatic carbocycles. The van der Waals surface area contributed by atoms with Crippen LogP contribution in [0.3, 0.4) is 0 Å². The summed E-state index contributed by atoms with van der Waals surface area (Å²) in [5.74, 6) is 0. The first-order valence-electron chi connectivity index (χ1n) is 5.72. The van der Waals surface area contributed by atoms with Gasteiger partial charge in [-0.1, -0.05) is 22.9 Å². The van der Waals surface area contributed by atoms with E-state index in [0.29, 0.717) is 0 Å². The molecule has 2 rings (SSSR count). The Balaban J connectivity index is 2.24. The molecule has 17 heavy (non-hydrogen) atoms. The number of hydrogen-bond donors (Lipinski definition) is 1. The summed E-state index contributed by atoms with van der Waals surface area (Å²) in [4.78, 5) is 0. The molecular formula is C13H16BrN3. The first-order valence-corrected chi connectivity index (χ1v) is 6.51. The lowest BCUT2D eigenvalue weighted by Crippen LogP contribution is -2.12. The fourth-order valence-corrected chi connectivity index (χ4v) is 2.30. The molecule has 0 atom stereocenters. The largest absolute Gasteiger partial charge is 0.311 e. The Labute approximate surface area is 110 Å². The maximum absolute atomic E-state index is 4.53. The molecule has 90 valence electrons. The van der Waals surface area contributed by atoms with Gasteiger partial charge in [-0.3, -0.25) is 0 Å². The average molecular weight is 294 g/mol. The first-order chi connectivity index (χ1) is 8.19. The van der Waals surface area contributed by atoms with Crippen LogP contribution in [0.4, 0.5) is 0 Å². The van der Waals surface area contributed by atoms with Crippen LogP contribution in [0.5, 0.6) is 0 Å². The predicted molar refractivity (Wildman–Crippen MR) is 73.4 cm³/mol. The molecule has 1 heterocycles. The highest BCUT2D eigenvalue weighted by Gasteiger charge is 2.02. The van der Waals surface area contributed by atoms with Gasteiger partial charge in [0.2, 0.25) is 0 Å². The fourth-order valence-electron chi connectivity index (χ4n) is 1.70. The van der Waals surface area contributed by atoms with Gasteiger partial charge < -0.3 is 5.32 Å². The van der Waals surface area contributed by atoms with E-state index in [9.17, 15) is 0 Å². The van der Waals surface area contributed by atoms with Crippen molar-refractivity contribution in [1.82, 2.24) is 15.1 Å². The summed E-state index contributed by atoms with van der Waals surface area (Å²) in [6, 6.07) is 8.32.